The predicted molar refractivity (Wildman–Crippen MR) is 256 cm³/mol. The molecule has 0 saturated heterocycles. The molecule has 0 nitrogen and oxygen atoms in total. The molecule has 0 fully saturated rings. The van der Waals surface area contributed by atoms with Crippen molar-refractivity contribution in [2.24, 2.45) is 0 Å². The Morgan fingerprint density at radius 3 is 0.600 bits per heavy atom. The maximum absolute atomic E-state index is 9.03. The zero-order valence-corrected chi connectivity index (χ0v) is 44.9. The highest BCUT2D eigenvalue weighted by molar-refractivity contribution is 7.41. The van der Waals surface area contributed by atoms with Gasteiger partial charge in [0.25, 0.3) is 0 Å². The third-order valence-corrected chi connectivity index (χ3v) is 30.3. The fraction of sp³-hybridized carbons (Fsp3) is 0.571. The van der Waals surface area contributed by atoms with Gasteiger partial charge in [0.1, 0.15) is 0 Å². The van der Waals surface area contributed by atoms with Gasteiger partial charge in [0.2, 0.25) is 7.38 Å². The van der Waals surface area contributed by atoms with Crippen LogP contribution in [0, 0.1) is 41.5 Å². The van der Waals surface area contributed by atoms with E-state index < -0.39 is 55.8 Å². The summed E-state index contributed by atoms with van der Waals surface area (Å²) in [5.74, 6) is 0. The van der Waals surface area contributed by atoms with Gasteiger partial charge in [-0.05, 0) is 90.5 Å². The lowest BCUT2D eigenvalue weighted by molar-refractivity contribution is 1.36. The number of hydrogen-bond acceptors (Lipinski definition) is 0. The Balaban J connectivity index is 2.90. The molecule has 8 heteroatoms. The molecule has 50 heavy (non-hydrogen) atoms. The van der Waals surface area contributed by atoms with E-state index in [0.717, 1.165) is 0 Å². The van der Waals surface area contributed by atoms with Crippen molar-refractivity contribution in [2.75, 3.05) is 0 Å². The molecule has 0 spiro atoms. The summed E-state index contributed by atoms with van der Waals surface area (Å²) in [6.07, 6.45) is 0. The van der Waals surface area contributed by atoms with E-state index in [1.54, 1.807) is 31.1 Å². The van der Waals surface area contributed by atoms with Gasteiger partial charge in [0, 0.05) is 0 Å². The average molecular weight is 812 g/mol. The quantitative estimate of drug-likeness (QED) is 0.117. The van der Waals surface area contributed by atoms with E-state index in [2.05, 4.69) is 178 Å². The number of halogens is 1. The van der Waals surface area contributed by atoms with Gasteiger partial charge >= 0.3 is 0 Å². The molecule has 0 unspecified atom stereocenters. The zero-order chi connectivity index (χ0) is 39.3. The Bertz CT molecular complexity index is 1600. The van der Waals surface area contributed by atoms with Crippen LogP contribution in [-0.2, 0) is 0 Å². The van der Waals surface area contributed by atoms with E-state index in [1.807, 2.05) is 0 Å². The van der Waals surface area contributed by atoms with Crippen LogP contribution in [0.5, 0.6) is 0 Å². The van der Waals surface area contributed by atoms with Crippen molar-refractivity contribution < 1.29 is 0 Å². The molecule has 3 rings (SSSR count). The summed E-state index contributed by atoms with van der Waals surface area (Å²) >= 11 is 9.03. The standard InChI is InChI=1S/C42H75ClSi7/c1-28-31(4)40(47(16,17)18)37(44(7,8)9)25-34(28)50(43,35-26-38(45(10,11)12)41(48(19,20)21)32(5)29(35)2)36-27-39(46(13,14)15)42(49(22,23)24)33(6)30(36)3/h25-27H,1-24H3. The van der Waals surface area contributed by atoms with Crippen LogP contribution in [0.25, 0.3) is 0 Å². The van der Waals surface area contributed by atoms with Crippen molar-refractivity contribution in [3.63, 3.8) is 0 Å². The van der Waals surface area contributed by atoms with Gasteiger partial charge in [0.05, 0.1) is 48.4 Å². The van der Waals surface area contributed by atoms with E-state index >= 15 is 0 Å². The van der Waals surface area contributed by atoms with Crippen molar-refractivity contribution in [2.45, 2.75) is 159 Å². The van der Waals surface area contributed by atoms with Gasteiger partial charge in [-0.3, -0.25) is 0 Å². The molecular formula is C42H75ClSi7. The van der Waals surface area contributed by atoms with E-state index in [-0.39, 0.29) is 0 Å². The van der Waals surface area contributed by atoms with Crippen LogP contribution in [-0.4, -0.2) is 55.8 Å². The molecule has 0 atom stereocenters. The smallest absolute Gasteiger partial charge is 0.149 e. The summed E-state index contributed by atoms with van der Waals surface area (Å²) in [6.45, 7) is 60.6. The monoisotopic (exact) mass is 810 g/mol. The van der Waals surface area contributed by atoms with Gasteiger partial charge in [-0.15, -0.1) is 11.1 Å². The molecule has 3 aromatic rings. The van der Waals surface area contributed by atoms with Gasteiger partial charge in [-0.25, -0.2) is 0 Å². The minimum atomic E-state index is -3.10. The van der Waals surface area contributed by atoms with E-state index in [1.165, 1.54) is 48.9 Å². The van der Waals surface area contributed by atoms with Gasteiger partial charge in [-0.1, -0.05) is 167 Å². The van der Waals surface area contributed by atoms with Crippen molar-refractivity contribution in [1.82, 2.24) is 0 Å². The number of rotatable bonds is 9. The van der Waals surface area contributed by atoms with Crippen LogP contribution in [0.15, 0.2) is 18.2 Å². The Morgan fingerprint density at radius 1 is 0.280 bits per heavy atom. The SMILES string of the molecule is Cc1c([Si](Cl)(c2cc([Si](C)(C)C)c([Si](C)(C)C)c(C)c2C)c2cc([Si](C)(C)C)c([Si](C)(C)C)c(C)c2C)cc([Si](C)(C)C)c([Si](C)(C)C)c1C. The van der Waals surface area contributed by atoms with Crippen LogP contribution < -0.4 is 46.7 Å². The Morgan fingerprint density at radius 2 is 0.460 bits per heavy atom. The Labute approximate surface area is 322 Å². The molecule has 0 aliphatic carbocycles. The van der Waals surface area contributed by atoms with Crippen LogP contribution in [0.1, 0.15) is 33.4 Å². The summed E-state index contributed by atoms with van der Waals surface area (Å²) < 4.78 is 0. The van der Waals surface area contributed by atoms with Crippen LogP contribution in [0.3, 0.4) is 0 Å². The molecule has 278 valence electrons. The highest BCUT2D eigenvalue weighted by Crippen LogP contribution is 2.25. The van der Waals surface area contributed by atoms with E-state index in [9.17, 15) is 0 Å². The third kappa shape index (κ3) is 7.96. The lowest BCUT2D eigenvalue weighted by atomic mass is 10.1. The van der Waals surface area contributed by atoms with Gasteiger partial charge < -0.3 is 0 Å². The highest BCUT2D eigenvalue weighted by atomic mass is 35.6. The average Bonchev–Trinajstić information content (AvgIpc) is 2.88. The number of hydrogen-bond donors (Lipinski definition) is 0. The summed E-state index contributed by atoms with van der Waals surface area (Å²) in [6, 6.07) is 8.14. The highest BCUT2D eigenvalue weighted by Gasteiger charge is 2.47. The van der Waals surface area contributed by atoms with Gasteiger partial charge in [-0.2, -0.15) is 0 Å². The van der Waals surface area contributed by atoms with Crippen LogP contribution in [0.2, 0.25) is 118 Å². The molecule has 0 radical (unpaired) electrons. The third-order valence-electron chi connectivity index (χ3n) is 11.5. The second kappa shape index (κ2) is 13.6. The first-order chi connectivity index (χ1) is 22.0. The predicted octanol–water partition coefficient (Wildman–Crippen LogP) is 8.01. The molecule has 0 aliphatic heterocycles. The minimum absolute atomic E-state index is 1.45. The molecular weight excluding hydrogens is 737 g/mol. The molecule has 0 amide bonds. The molecule has 3 aromatic carbocycles. The first-order valence-corrected chi connectivity index (χ1v) is 43.2. The van der Waals surface area contributed by atoms with Crippen molar-refractivity contribution >= 4 is 114 Å². The van der Waals surface area contributed by atoms with Crippen molar-refractivity contribution in [1.29, 1.82) is 0 Å². The molecule has 0 aliphatic rings. The fourth-order valence-corrected chi connectivity index (χ4v) is 33.0. The van der Waals surface area contributed by atoms with Gasteiger partial charge in [0.15, 0.2) is 0 Å². The summed E-state index contributed by atoms with van der Waals surface area (Å²) in [4.78, 5) is 0. The largest absolute Gasteiger partial charge is 0.248 e. The Kier molecular flexibility index (Phi) is 12.0. The second-order valence-electron chi connectivity index (χ2n) is 21.9. The zero-order valence-electron chi connectivity index (χ0n) is 37.1. The maximum Gasteiger partial charge on any atom is 0.248 e. The lowest BCUT2D eigenvalue weighted by Crippen LogP contribution is -2.71. The summed E-state index contributed by atoms with van der Waals surface area (Å²) in [5.41, 5.74) is 8.92. The molecule has 0 saturated carbocycles. The molecule has 0 bridgehead atoms. The Hall–Kier alpha value is -0.532. The maximum atomic E-state index is 9.03. The topological polar surface area (TPSA) is 0 Å². The molecule has 0 heterocycles. The minimum Gasteiger partial charge on any atom is -0.149 e. The summed E-state index contributed by atoms with van der Waals surface area (Å²) in [7, 11) is -13.2. The number of benzene rings is 3. The fourth-order valence-electron chi connectivity index (χ4n) is 8.93. The van der Waals surface area contributed by atoms with E-state index in [0.29, 0.717) is 0 Å². The second-order valence-corrected chi connectivity index (χ2v) is 56.7. The first kappa shape index (κ1) is 43.9. The lowest BCUT2D eigenvalue weighted by Gasteiger charge is -2.40. The van der Waals surface area contributed by atoms with Crippen molar-refractivity contribution in [3.05, 3.63) is 51.6 Å². The van der Waals surface area contributed by atoms with Crippen molar-refractivity contribution in [3.8, 4) is 0 Å². The first-order valence-electron chi connectivity index (χ1n) is 19.2. The molecule has 0 aromatic heterocycles. The van der Waals surface area contributed by atoms with E-state index in [4.69, 9.17) is 11.1 Å². The molecule has 0 N–H and O–H groups in total. The normalized spacial score (nSPS) is 14.1. The summed E-state index contributed by atoms with van der Waals surface area (Å²) in [5, 5.41) is 14.4. The van der Waals surface area contributed by atoms with Crippen LogP contribution >= 0.6 is 11.1 Å². The van der Waals surface area contributed by atoms with Crippen LogP contribution in [0.4, 0.5) is 0 Å².